The Bertz CT molecular complexity index is 424. The molecule has 0 heterocycles. The third-order valence-electron chi connectivity index (χ3n) is 1.83. The molecule has 3 nitrogen and oxygen atoms in total. The molecule has 1 amide bonds. The van der Waals surface area contributed by atoms with Crippen LogP contribution in [0, 0.1) is 11.6 Å². The van der Waals surface area contributed by atoms with Crippen molar-refractivity contribution in [3.8, 4) is 0 Å². The Morgan fingerprint density at radius 3 is 2.65 bits per heavy atom. The summed E-state index contributed by atoms with van der Waals surface area (Å²) in [5.41, 5.74) is -0.0874. The molecule has 0 unspecified atom stereocenters. The minimum absolute atomic E-state index is 0.0824. The first-order chi connectivity index (χ1) is 7.90. The van der Waals surface area contributed by atoms with E-state index < -0.39 is 17.5 Å². The van der Waals surface area contributed by atoms with E-state index in [-0.39, 0.29) is 22.9 Å². The zero-order valence-electron chi connectivity index (χ0n) is 9.39. The Morgan fingerprint density at radius 1 is 1.41 bits per heavy atom. The first-order valence-corrected chi connectivity index (χ1v) is 5.75. The second-order valence-electron chi connectivity index (χ2n) is 3.65. The average molecular weight is 308 g/mol. The lowest BCUT2D eigenvalue weighted by Crippen LogP contribution is -2.21. The number of hydrogen-bond donors (Lipinski definition) is 1. The molecule has 1 rings (SSSR count). The van der Waals surface area contributed by atoms with Crippen LogP contribution in [-0.2, 0) is 9.53 Å². The molecule has 0 fully saturated rings. The highest BCUT2D eigenvalue weighted by atomic mass is 79.9. The molecule has 17 heavy (non-hydrogen) atoms. The Balaban J connectivity index is 2.68. The SMILES string of the molecule is CC(C)OCC(=O)Nc1cc(Br)c(F)cc1F. The minimum atomic E-state index is -0.830. The molecule has 0 saturated carbocycles. The van der Waals surface area contributed by atoms with E-state index in [0.717, 1.165) is 6.07 Å². The summed E-state index contributed by atoms with van der Waals surface area (Å²) in [5, 5.41) is 2.30. The largest absolute Gasteiger partial charge is 0.369 e. The van der Waals surface area contributed by atoms with Crippen molar-refractivity contribution in [1.29, 1.82) is 0 Å². The summed E-state index contributed by atoms with van der Waals surface area (Å²) in [5.74, 6) is -2.04. The van der Waals surface area contributed by atoms with E-state index in [1.807, 2.05) is 0 Å². The molecule has 0 aromatic heterocycles. The van der Waals surface area contributed by atoms with Gasteiger partial charge in [-0.2, -0.15) is 0 Å². The number of ether oxygens (including phenoxy) is 1. The van der Waals surface area contributed by atoms with Crippen LogP contribution in [-0.4, -0.2) is 18.6 Å². The number of nitrogens with one attached hydrogen (secondary N) is 1. The first kappa shape index (κ1) is 14.1. The van der Waals surface area contributed by atoms with Gasteiger partial charge in [-0.25, -0.2) is 8.78 Å². The van der Waals surface area contributed by atoms with E-state index in [1.165, 1.54) is 0 Å². The molecule has 0 bridgehead atoms. The van der Waals surface area contributed by atoms with Gasteiger partial charge in [0.15, 0.2) is 0 Å². The van der Waals surface area contributed by atoms with E-state index in [2.05, 4.69) is 21.2 Å². The highest BCUT2D eigenvalue weighted by Gasteiger charge is 2.11. The quantitative estimate of drug-likeness (QED) is 0.868. The molecular formula is C11H12BrF2NO2. The van der Waals surface area contributed by atoms with Gasteiger partial charge in [-0.3, -0.25) is 4.79 Å². The molecule has 1 N–H and O–H groups in total. The molecule has 6 heteroatoms. The van der Waals surface area contributed by atoms with Gasteiger partial charge >= 0.3 is 0 Å². The van der Waals surface area contributed by atoms with E-state index in [9.17, 15) is 13.6 Å². The number of carbonyl (C=O) groups excluding carboxylic acids is 1. The van der Waals surface area contributed by atoms with Crippen molar-refractivity contribution < 1.29 is 18.3 Å². The van der Waals surface area contributed by atoms with Crippen molar-refractivity contribution in [2.24, 2.45) is 0 Å². The molecule has 94 valence electrons. The number of hydrogen-bond acceptors (Lipinski definition) is 2. The summed E-state index contributed by atoms with van der Waals surface area (Å²) >= 11 is 2.91. The second-order valence-corrected chi connectivity index (χ2v) is 4.51. The maximum absolute atomic E-state index is 13.3. The molecule has 1 aromatic rings. The third-order valence-corrected chi connectivity index (χ3v) is 2.44. The number of amides is 1. The smallest absolute Gasteiger partial charge is 0.250 e. The zero-order chi connectivity index (χ0) is 13.0. The van der Waals surface area contributed by atoms with Crippen LogP contribution in [0.25, 0.3) is 0 Å². The maximum atomic E-state index is 13.3. The van der Waals surface area contributed by atoms with Crippen LogP contribution in [0.2, 0.25) is 0 Å². The number of halogens is 3. The van der Waals surface area contributed by atoms with Gasteiger partial charge in [-0.15, -0.1) is 0 Å². The van der Waals surface area contributed by atoms with Gasteiger partial charge in [-0.1, -0.05) is 0 Å². The summed E-state index contributed by atoms with van der Waals surface area (Å²) in [6, 6.07) is 1.86. The van der Waals surface area contributed by atoms with Crippen molar-refractivity contribution in [2.45, 2.75) is 20.0 Å². The summed E-state index contributed by atoms with van der Waals surface area (Å²) < 4.78 is 31.3. The number of carbonyl (C=O) groups is 1. The van der Waals surface area contributed by atoms with Crippen molar-refractivity contribution >= 4 is 27.5 Å². The fourth-order valence-corrected chi connectivity index (χ4v) is 1.39. The first-order valence-electron chi connectivity index (χ1n) is 4.96. The summed E-state index contributed by atoms with van der Waals surface area (Å²) in [4.78, 5) is 11.4. The van der Waals surface area contributed by atoms with Crippen molar-refractivity contribution in [1.82, 2.24) is 0 Å². The number of rotatable bonds is 4. The Hall–Kier alpha value is -1.01. The highest BCUT2D eigenvalue weighted by molar-refractivity contribution is 9.10. The molecule has 0 aliphatic rings. The van der Waals surface area contributed by atoms with E-state index in [0.29, 0.717) is 6.07 Å². The molecule has 1 aromatic carbocycles. The third kappa shape index (κ3) is 4.40. The van der Waals surface area contributed by atoms with Gasteiger partial charge in [0.2, 0.25) is 5.91 Å². The number of anilines is 1. The van der Waals surface area contributed by atoms with Crippen LogP contribution >= 0.6 is 15.9 Å². The zero-order valence-corrected chi connectivity index (χ0v) is 11.0. The molecule has 0 aliphatic carbocycles. The molecular weight excluding hydrogens is 296 g/mol. The van der Waals surface area contributed by atoms with Crippen molar-refractivity contribution in [3.05, 3.63) is 28.2 Å². The Morgan fingerprint density at radius 2 is 2.06 bits per heavy atom. The molecule has 0 spiro atoms. The minimum Gasteiger partial charge on any atom is -0.369 e. The maximum Gasteiger partial charge on any atom is 0.250 e. The lowest BCUT2D eigenvalue weighted by molar-refractivity contribution is -0.121. The second kappa shape index (κ2) is 6.07. The molecule has 0 aliphatic heterocycles. The Labute approximate surface area is 106 Å². The van der Waals surface area contributed by atoms with Crippen LogP contribution in [0.4, 0.5) is 14.5 Å². The van der Waals surface area contributed by atoms with Crippen LogP contribution in [0.1, 0.15) is 13.8 Å². The van der Waals surface area contributed by atoms with Gasteiger partial charge in [0.05, 0.1) is 16.3 Å². The van der Waals surface area contributed by atoms with Crippen LogP contribution in [0.3, 0.4) is 0 Å². The molecule has 0 radical (unpaired) electrons. The topological polar surface area (TPSA) is 38.3 Å². The van der Waals surface area contributed by atoms with Gasteiger partial charge in [-0.05, 0) is 35.8 Å². The van der Waals surface area contributed by atoms with Crippen LogP contribution in [0.15, 0.2) is 16.6 Å². The van der Waals surface area contributed by atoms with E-state index in [1.54, 1.807) is 13.8 Å². The van der Waals surface area contributed by atoms with Gasteiger partial charge in [0, 0.05) is 6.07 Å². The summed E-state index contributed by atoms with van der Waals surface area (Å²) in [7, 11) is 0. The van der Waals surface area contributed by atoms with Crippen LogP contribution in [0.5, 0.6) is 0 Å². The van der Waals surface area contributed by atoms with Crippen molar-refractivity contribution in [3.63, 3.8) is 0 Å². The lowest BCUT2D eigenvalue weighted by Gasteiger charge is -2.09. The molecule has 0 atom stereocenters. The fraction of sp³-hybridized carbons (Fsp3) is 0.364. The van der Waals surface area contributed by atoms with Gasteiger partial charge in [0.25, 0.3) is 0 Å². The van der Waals surface area contributed by atoms with Crippen molar-refractivity contribution in [2.75, 3.05) is 11.9 Å². The highest BCUT2D eigenvalue weighted by Crippen LogP contribution is 2.23. The lowest BCUT2D eigenvalue weighted by atomic mass is 10.3. The summed E-state index contributed by atoms with van der Waals surface area (Å²) in [6.07, 6.45) is -0.0921. The summed E-state index contributed by atoms with van der Waals surface area (Å²) in [6.45, 7) is 3.39. The van der Waals surface area contributed by atoms with E-state index in [4.69, 9.17) is 4.74 Å². The standard InChI is InChI=1S/C11H12BrF2NO2/c1-6(2)17-5-11(16)15-10-3-7(12)8(13)4-9(10)14/h3-4,6H,5H2,1-2H3,(H,15,16). The fourth-order valence-electron chi connectivity index (χ4n) is 1.05. The van der Waals surface area contributed by atoms with Gasteiger partial charge < -0.3 is 10.1 Å². The normalized spacial score (nSPS) is 10.7. The van der Waals surface area contributed by atoms with Crippen LogP contribution < -0.4 is 5.32 Å². The predicted octanol–water partition coefficient (Wildman–Crippen LogP) is 3.09. The monoisotopic (exact) mass is 307 g/mol. The average Bonchev–Trinajstić information content (AvgIpc) is 2.23. The molecule has 0 saturated heterocycles. The van der Waals surface area contributed by atoms with E-state index >= 15 is 0 Å². The predicted molar refractivity (Wildman–Crippen MR) is 63.8 cm³/mol. The number of benzene rings is 1. The van der Waals surface area contributed by atoms with Gasteiger partial charge in [0.1, 0.15) is 18.2 Å². The Kier molecular flexibility index (Phi) is 5.02.